The van der Waals surface area contributed by atoms with Gasteiger partial charge in [0, 0.05) is 16.7 Å². The normalized spacial score (nSPS) is 22.8. The minimum absolute atomic E-state index is 0.324. The quantitative estimate of drug-likeness (QED) is 0.783. The van der Waals surface area contributed by atoms with Crippen molar-refractivity contribution >= 4 is 44.9 Å². The Balaban J connectivity index is 1.82. The molecule has 2 unspecified atom stereocenters. The molecule has 3 heterocycles. The molecule has 1 saturated heterocycles. The van der Waals surface area contributed by atoms with Crippen molar-refractivity contribution in [3.8, 4) is 0 Å². The largest absolute Gasteiger partial charge is 0.377 e. The molecular weight excluding hydrogens is 312 g/mol. The van der Waals surface area contributed by atoms with Gasteiger partial charge in [0.2, 0.25) is 0 Å². The smallest absolute Gasteiger partial charge is 0.141 e. The third kappa shape index (κ3) is 2.69. The highest BCUT2D eigenvalue weighted by Crippen LogP contribution is 2.34. The lowest BCUT2D eigenvalue weighted by Gasteiger charge is -2.12. The molecule has 0 amide bonds. The number of aryl methyl sites for hydroxylation is 2. The lowest BCUT2D eigenvalue weighted by molar-refractivity contribution is 0.127. The van der Waals surface area contributed by atoms with Crippen LogP contribution in [-0.2, 0) is 10.5 Å². The van der Waals surface area contributed by atoms with Crippen LogP contribution < -0.4 is 0 Å². The summed E-state index contributed by atoms with van der Waals surface area (Å²) >= 11 is 9.89. The van der Waals surface area contributed by atoms with Gasteiger partial charge in [-0.15, -0.1) is 23.1 Å². The number of thiophene rings is 1. The molecule has 2 aromatic rings. The molecule has 6 heteroatoms. The summed E-state index contributed by atoms with van der Waals surface area (Å²) in [5.41, 5.74) is 1.20. The molecule has 0 aromatic carbocycles. The number of halogens is 1. The molecule has 1 aliphatic rings. The zero-order chi connectivity index (χ0) is 14.3. The zero-order valence-corrected chi connectivity index (χ0v) is 14.2. The van der Waals surface area contributed by atoms with Crippen LogP contribution in [0, 0.1) is 13.8 Å². The maximum atomic E-state index is 6.33. The Hall–Kier alpha value is -0.360. The Morgan fingerprint density at radius 3 is 2.90 bits per heavy atom. The molecule has 1 aliphatic heterocycles. The van der Waals surface area contributed by atoms with Gasteiger partial charge >= 0.3 is 0 Å². The van der Waals surface area contributed by atoms with Gasteiger partial charge in [0.15, 0.2) is 0 Å². The van der Waals surface area contributed by atoms with Gasteiger partial charge in [0.25, 0.3) is 0 Å². The summed E-state index contributed by atoms with van der Waals surface area (Å²) in [6.07, 6.45) is 1.43. The lowest BCUT2D eigenvalue weighted by atomic mass is 10.2. The van der Waals surface area contributed by atoms with Crippen LogP contribution in [0.5, 0.6) is 0 Å². The van der Waals surface area contributed by atoms with Gasteiger partial charge in [0.1, 0.15) is 15.8 Å². The first-order valence-corrected chi connectivity index (χ1v) is 8.96. The van der Waals surface area contributed by atoms with Crippen LogP contribution in [0.2, 0.25) is 5.15 Å². The van der Waals surface area contributed by atoms with Gasteiger partial charge in [-0.05, 0) is 32.8 Å². The minimum atomic E-state index is 0.324. The first kappa shape index (κ1) is 14.6. The van der Waals surface area contributed by atoms with Gasteiger partial charge < -0.3 is 4.74 Å². The molecule has 3 nitrogen and oxygen atoms in total. The van der Waals surface area contributed by atoms with Crippen molar-refractivity contribution in [2.24, 2.45) is 0 Å². The predicted octanol–water partition coefficient (Wildman–Crippen LogP) is 4.37. The maximum absolute atomic E-state index is 6.33. The highest BCUT2D eigenvalue weighted by molar-refractivity contribution is 7.99. The molecule has 20 heavy (non-hydrogen) atoms. The molecule has 0 N–H and O–H groups in total. The van der Waals surface area contributed by atoms with Gasteiger partial charge in [-0.2, -0.15) is 0 Å². The van der Waals surface area contributed by atoms with Crippen molar-refractivity contribution in [3.63, 3.8) is 0 Å². The van der Waals surface area contributed by atoms with Gasteiger partial charge in [0.05, 0.1) is 17.2 Å². The predicted molar refractivity (Wildman–Crippen MR) is 87.0 cm³/mol. The third-order valence-electron chi connectivity index (χ3n) is 3.76. The fourth-order valence-corrected chi connectivity index (χ4v) is 4.96. The van der Waals surface area contributed by atoms with Gasteiger partial charge in [-0.3, -0.25) is 0 Å². The number of fused-ring (bicyclic) bond motifs is 1. The van der Waals surface area contributed by atoms with E-state index in [9.17, 15) is 0 Å². The highest BCUT2D eigenvalue weighted by atomic mass is 35.5. The summed E-state index contributed by atoms with van der Waals surface area (Å²) in [5.74, 6) is 1.62. The molecule has 2 atom stereocenters. The number of nitrogens with zero attached hydrogens (tertiary/aromatic N) is 2. The average Bonchev–Trinajstić information content (AvgIpc) is 2.92. The second-order valence-corrected chi connectivity index (χ2v) is 7.90. The molecule has 108 valence electrons. The van der Waals surface area contributed by atoms with Crippen molar-refractivity contribution in [3.05, 3.63) is 21.4 Å². The second-order valence-electron chi connectivity index (χ2n) is 5.11. The molecule has 0 bridgehead atoms. The van der Waals surface area contributed by atoms with E-state index in [1.165, 1.54) is 10.4 Å². The monoisotopic (exact) mass is 328 g/mol. The Labute approximate surface area is 132 Å². The molecule has 1 fully saturated rings. The van der Waals surface area contributed by atoms with E-state index in [0.29, 0.717) is 16.5 Å². The number of hydrogen-bond acceptors (Lipinski definition) is 5. The number of thioether (sulfide) groups is 1. The summed E-state index contributed by atoms with van der Waals surface area (Å²) < 4.78 is 5.58. The summed E-state index contributed by atoms with van der Waals surface area (Å²) in [6.45, 7) is 7.18. The minimum Gasteiger partial charge on any atom is -0.377 e. The first-order chi connectivity index (χ1) is 9.56. The van der Waals surface area contributed by atoms with Crippen LogP contribution in [0.25, 0.3) is 10.2 Å². The Bertz CT molecular complexity index is 644. The van der Waals surface area contributed by atoms with Crippen molar-refractivity contribution < 1.29 is 4.74 Å². The number of hydrogen-bond donors (Lipinski definition) is 0. The third-order valence-corrected chi connectivity index (χ3v) is 6.61. The lowest BCUT2D eigenvalue weighted by Crippen LogP contribution is -2.13. The second kappa shape index (κ2) is 5.79. The van der Waals surface area contributed by atoms with E-state index in [0.717, 1.165) is 34.8 Å². The van der Waals surface area contributed by atoms with Crippen molar-refractivity contribution in [2.45, 2.75) is 44.3 Å². The number of aromatic nitrogens is 2. The van der Waals surface area contributed by atoms with E-state index in [1.807, 2.05) is 11.8 Å². The van der Waals surface area contributed by atoms with E-state index in [4.69, 9.17) is 16.3 Å². The summed E-state index contributed by atoms with van der Waals surface area (Å²) in [7, 11) is 0. The Morgan fingerprint density at radius 2 is 2.20 bits per heavy atom. The van der Waals surface area contributed by atoms with Crippen molar-refractivity contribution in [1.82, 2.24) is 9.97 Å². The molecular formula is C14H17ClN2OS2. The van der Waals surface area contributed by atoms with Gasteiger partial charge in [-0.1, -0.05) is 11.6 Å². The molecule has 0 saturated carbocycles. The summed E-state index contributed by atoms with van der Waals surface area (Å²) in [5, 5.41) is 2.14. The molecule has 0 aliphatic carbocycles. The summed E-state index contributed by atoms with van der Waals surface area (Å²) in [6, 6.07) is 0. The topological polar surface area (TPSA) is 35.0 Å². The van der Waals surface area contributed by atoms with Crippen LogP contribution in [0.3, 0.4) is 0 Å². The highest BCUT2D eigenvalue weighted by Gasteiger charge is 2.25. The van der Waals surface area contributed by atoms with E-state index in [-0.39, 0.29) is 0 Å². The average molecular weight is 329 g/mol. The van der Waals surface area contributed by atoms with Crippen LogP contribution in [0.15, 0.2) is 0 Å². The van der Waals surface area contributed by atoms with Crippen LogP contribution in [0.4, 0.5) is 0 Å². The van der Waals surface area contributed by atoms with E-state index >= 15 is 0 Å². The molecule has 2 aromatic heterocycles. The van der Waals surface area contributed by atoms with Crippen LogP contribution >= 0.6 is 34.7 Å². The summed E-state index contributed by atoms with van der Waals surface area (Å²) in [4.78, 5) is 11.4. The van der Waals surface area contributed by atoms with Crippen molar-refractivity contribution in [1.29, 1.82) is 0 Å². The van der Waals surface area contributed by atoms with E-state index in [2.05, 4.69) is 30.7 Å². The molecule has 0 spiro atoms. The van der Waals surface area contributed by atoms with Gasteiger partial charge in [-0.25, -0.2) is 9.97 Å². The fourth-order valence-electron chi connectivity index (χ4n) is 2.42. The van der Waals surface area contributed by atoms with Crippen molar-refractivity contribution in [2.75, 3.05) is 6.61 Å². The van der Waals surface area contributed by atoms with Crippen LogP contribution in [0.1, 0.15) is 29.6 Å². The zero-order valence-electron chi connectivity index (χ0n) is 11.8. The molecule has 0 radical (unpaired) electrons. The number of ether oxygens (including phenoxy) is 1. The van der Waals surface area contributed by atoms with E-state index < -0.39 is 0 Å². The van der Waals surface area contributed by atoms with Crippen LogP contribution in [-0.4, -0.2) is 27.9 Å². The first-order valence-electron chi connectivity index (χ1n) is 6.71. The Morgan fingerprint density at radius 1 is 1.40 bits per heavy atom. The maximum Gasteiger partial charge on any atom is 0.141 e. The number of rotatable bonds is 3. The molecule has 3 rings (SSSR count). The van der Waals surface area contributed by atoms with E-state index in [1.54, 1.807) is 11.3 Å². The Kier molecular flexibility index (Phi) is 4.22. The standard InChI is InChI=1S/C14H17ClN2OS2/c1-7-9(3)20-14-12(7)13(15)16-11(17-14)6-19-10-4-5-18-8(10)2/h8,10H,4-6H2,1-3H3. The fraction of sp³-hybridized carbons (Fsp3) is 0.571. The SMILES string of the molecule is Cc1sc2nc(CSC3CCOC3C)nc(Cl)c2c1C.